The lowest BCUT2D eigenvalue weighted by atomic mass is 10.1. The van der Waals surface area contributed by atoms with Crippen molar-refractivity contribution in [3.8, 4) is 0 Å². The van der Waals surface area contributed by atoms with Crippen LogP contribution in [0.4, 0.5) is 11.4 Å². The zero-order valence-corrected chi connectivity index (χ0v) is 20.0. The molecule has 1 saturated heterocycles. The van der Waals surface area contributed by atoms with Gasteiger partial charge >= 0.3 is 0 Å². The number of thiophene rings is 1. The van der Waals surface area contributed by atoms with Gasteiger partial charge < -0.3 is 10.2 Å². The number of nitrogens with zero attached hydrogens (tertiary/aromatic N) is 2. The van der Waals surface area contributed by atoms with Crippen LogP contribution in [0, 0.1) is 0 Å². The molecule has 1 aliphatic rings. The second-order valence-electron chi connectivity index (χ2n) is 7.46. The van der Waals surface area contributed by atoms with Gasteiger partial charge in [-0.15, -0.1) is 11.3 Å². The van der Waals surface area contributed by atoms with Crippen molar-refractivity contribution in [1.29, 1.82) is 0 Å². The third-order valence-electron chi connectivity index (χ3n) is 5.48. The molecule has 6 nitrogen and oxygen atoms in total. The number of sulfonamides is 1. The maximum Gasteiger partial charge on any atom is 0.267 e. The van der Waals surface area contributed by atoms with Crippen molar-refractivity contribution < 1.29 is 13.2 Å². The standard InChI is InChI=1S/C23H24ClN3O3S2/c1-2-17-6-5-7-18(16-17)25-23(28)22-21(10-15-31-22)32(29,30)27-13-11-26(12-14-27)20-9-4-3-8-19(20)24/h3-10,15-16H,2,11-14H2,1H3,(H,25,28). The highest BCUT2D eigenvalue weighted by atomic mass is 35.5. The van der Waals surface area contributed by atoms with Gasteiger partial charge in [0.15, 0.2) is 0 Å². The van der Waals surface area contributed by atoms with E-state index in [1.807, 2.05) is 49.4 Å². The van der Waals surface area contributed by atoms with Crippen molar-refractivity contribution in [2.24, 2.45) is 0 Å². The van der Waals surface area contributed by atoms with Crippen LogP contribution in [0.25, 0.3) is 0 Å². The summed E-state index contributed by atoms with van der Waals surface area (Å²) in [4.78, 5) is 15.2. The van der Waals surface area contributed by atoms with Gasteiger partial charge in [0.25, 0.3) is 5.91 Å². The molecule has 1 N–H and O–H groups in total. The summed E-state index contributed by atoms with van der Waals surface area (Å²) in [5.74, 6) is -0.415. The number of carbonyl (C=O) groups excluding carboxylic acids is 1. The SMILES string of the molecule is CCc1cccc(NC(=O)c2sccc2S(=O)(=O)N2CCN(c3ccccc3Cl)CC2)c1. The molecular weight excluding hydrogens is 466 g/mol. The minimum absolute atomic E-state index is 0.0536. The van der Waals surface area contributed by atoms with E-state index in [4.69, 9.17) is 11.6 Å². The van der Waals surface area contributed by atoms with Crippen LogP contribution in [0.15, 0.2) is 64.9 Å². The molecular formula is C23H24ClN3O3S2. The summed E-state index contributed by atoms with van der Waals surface area (Å²) in [5, 5.41) is 5.12. The Balaban J connectivity index is 1.49. The quantitative estimate of drug-likeness (QED) is 0.543. The molecule has 2 heterocycles. The normalized spacial score (nSPS) is 15.0. The van der Waals surface area contributed by atoms with E-state index < -0.39 is 15.9 Å². The van der Waals surface area contributed by atoms with E-state index in [9.17, 15) is 13.2 Å². The molecule has 0 radical (unpaired) electrons. The molecule has 0 saturated carbocycles. The highest BCUT2D eigenvalue weighted by molar-refractivity contribution is 7.89. The van der Waals surface area contributed by atoms with E-state index in [1.54, 1.807) is 11.4 Å². The fourth-order valence-corrected chi connectivity index (χ4v) is 6.71. The number of hydrogen-bond acceptors (Lipinski definition) is 5. The summed E-state index contributed by atoms with van der Waals surface area (Å²) >= 11 is 7.42. The van der Waals surface area contributed by atoms with Crippen LogP contribution in [0.1, 0.15) is 22.2 Å². The van der Waals surface area contributed by atoms with Gasteiger partial charge in [-0.25, -0.2) is 8.42 Å². The molecule has 32 heavy (non-hydrogen) atoms. The number of rotatable bonds is 6. The van der Waals surface area contributed by atoms with Crippen LogP contribution in [-0.2, 0) is 16.4 Å². The predicted molar refractivity (Wildman–Crippen MR) is 131 cm³/mol. The second-order valence-corrected chi connectivity index (χ2v) is 10.7. The molecule has 1 aromatic heterocycles. The number of halogens is 1. The van der Waals surface area contributed by atoms with Gasteiger partial charge in [-0.3, -0.25) is 4.79 Å². The summed E-state index contributed by atoms with van der Waals surface area (Å²) in [5.41, 5.74) is 2.65. The molecule has 1 aliphatic heterocycles. The number of benzene rings is 2. The highest BCUT2D eigenvalue weighted by Gasteiger charge is 2.33. The van der Waals surface area contributed by atoms with Crippen LogP contribution < -0.4 is 10.2 Å². The fourth-order valence-electron chi connectivity index (χ4n) is 3.74. The number of hydrogen-bond donors (Lipinski definition) is 1. The molecule has 0 atom stereocenters. The zero-order valence-electron chi connectivity index (χ0n) is 17.6. The summed E-state index contributed by atoms with van der Waals surface area (Å²) in [7, 11) is -3.79. The van der Waals surface area contributed by atoms with Gasteiger partial charge in [0.05, 0.1) is 10.7 Å². The van der Waals surface area contributed by atoms with Crippen LogP contribution >= 0.6 is 22.9 Å². The molecule has 168 valence electrons. The van der Waals surface area contributed by atoms with Gasteiger partial charge in [-0.1, -0.05) is 42.8 Å². The molecule has 4 rings (SSSR count). The molecule has 3 aromatic rings. The fraction of sp³-hybridized carbons (Fsp3) is 0.261. The molecule has 0 aliphatic carbocycles. The Hall–Kier alpha value is -2.39. The Kier molecular flexibility index (Phi) is 6.85. The third-order valence-corrected chi connectivity index (χ3v) is 8.78. The lowest BCUT2D eigenvalue weighted by molar-refractivity contribution is 0.102. The highest BCUT2D eigenvalue weighted by Crippen LogP contribution is 2.30. The van der Waals surface area contributed by atoms with Crippen LogP contribution in [0.5, 0.6) is 0 Å². The maximum absolute atomic E-state index is 13.3. The minimum atomic E-state index is -3.79. The Morgan fingerprint density at radius 1 is 1.06 bits per heavy atom. The van der Waals surface area contributed by atoms with Gasteiger partial charge in [0.1, 0.15) is 9.77 Å². The van der Waals surface area contributed by atoms with Gasteiger partial charge in [0, 0.05) is 31.9 Å². The number of piperazine rings is 1. The van der Waals surface area contributed by atoms with E-state index in [0.717, 1.165) is 29.0 Å². The first kappa shape index (κ1) is 22.8. The lowest BCUT2D eigenvalue weighted by Crippen LogP contribution is -2.48. The van der Waals surface area contributed by atoms with Gasteiger partial charge in [-0.05, 0) is 47.7 Å². The molecule has 1 amide bonds. The van der Waals surface area contributed by atoms with Crippen molar-refractivity contribution in [1.82, 2.24) is 4.31 Å². The Labute approximate surface area is 197 Å². The van der Waals surface area contributed by atoms with Crippen LogP contribution in [0.3, 0.4) is 0 Å². The molecule has 0 bridgehead atoms. The van der Waals surface area contributed by atoms with Crippen molar-refractivity contribution in [2.45, 2.75) is 18.2 Å². The Morgan fingerprint density at radius 2 is 1.81 bits per heavy atom. The van der Waals surface area contributed by atoms with Gasteiger partial charge in [-0.2, -0.15) is 4.31 Å². The second kappa shape index (κ2) is 9.62. The van der Waals surface area contributed by atoms with E-state index in [1.165, 1.54) is 10.4 Å². The van der Waals surface area contributed by atoms with Crippen LogP contribution in [0.2, 0.25) is 5.02 Å². The average molecular weight is 490 g/mol. The van der Waals surface area contributed by atoms with E-state index in [-0.39, 0.29) is 9.77 Å². The largest absolute Gasteiger partial charge is 0.368 e. The zero-order chi connectivity index (χ0) is 22.7. The number of carbonyl (C=O) groups is 1. The predicted octanol–water partition coefficient (Wildman–Crippen LogP) is 4.73. The topological polar surface area (TPSA) is 69.7 Å². The number of anilines is 2. The summed E-state index contributed by atoms with van der Waals surface area (Å²) < 4.78 is 28.1. The summed E-state index contributed by atoms with van der Waals surface area (Å²) in [6.45, 7) is 3.74. The summed E-state index contributed by atoms with van der Waals surface area (Å²) in [6, 6.07) is 16.6. The molecule has 9 heteroatoms. The molecule has 0 unspecified atom stereocenters. The molecule has 1 fully saturated rings. The number of amides is 1. The van der Waals surface area contributed by atoms with Crippen molar-refractivity contribution in [3.63, 3.8) is 0 Å². The first-order valence-electron chi connectivity index (χ1n) is 10.4. The number of nitrogens with one attached hydrogen (secondary N) is 1. The van der Waals surface area contributed by atoms with E-state index >= 15 is 0 Å². The molecule has 0 spiro atoms. The van der Waals surface area contributed by atoms with E-state index in [2.05, 4.69) is 10.2 Å². The number of para-hydroxylation sites is 1. The Morgan fingerprint density at radius 3 is 2.53 bits per heavy atom. The first-order valence-corrected chi connectivity index (χ1v) is 13.1. The van der Waals surface area contributed by atoms with Crippen molar-refractivity contribution in [3.05, 3.63) is 75.4 Å². The molecule has 2 aromatic carbocycles. The van der Waals surface area contributed by atoms with Crippen LogP contribution in [-0.4, -0.2) is 44.8 Å². The third kappa shape index (κ3) is 4.68. The average Bonchev–Trinajstić information content (AvgIpc) is 3.31. The smallest absolute Gasteiger partial charge is 0.267 e. The lowest BCUT2D eigenvalue weighted by Gasteiger charge is -2.35. The van der Waals surface area contributed by atoms with Crippen molar-refractivity contribution in [2.75, 3.05) is 36.4 Å². The summed E-state index contributed by atoms with van der Waals surface area (Å²) in [6.07, 6.45) is 0.850. The minimum Gasteiger partial charge on any atom is -0.368 e. The van der Waals surface area contributed by atoms with Gasteiger partial charge in [0.2, 0.25) is 10.0 Å². The number of aryl methyl sites for hydroxylation is 1. The first-order chi connectivity index (χ1) is 15.4. The maximum atomic E-state index is 13.3. The van der Waals surface area contributed by atoms with E-state index in [0.29, 0.717) is 36.9 Å². The van der Waals surface area contributed by atoms with Crippen molar-refractivity contribution >= 4 is 50.2 Å². The Bertz CT molecular complexity index is 1220. The monoisotopic (exact) mass is 489 g/mol.